The molecule has 2 N–H and O–H groups in total. The van der Waals surface area contributed by atoms with E-state index < -0.39 is 15.1 Å². The maximum atomic E-state index is 12.3. The topological polar surface area (TPSA) is 148 Å². The molecule has 0 aliphatic heterocycles. The second kappa shape index (κ2) is 9.58. The van der Waals surface area contributed by atoms with Crippen LogP contribution in [0.25, 0.3) is 17.2 Å². The number of hydrogen-bond acceptors (Lipinski definition) is 9. The maximum Gasteiger partial charge on any atom is 0.270 e. The van der Waals surface area contributed by atoms with Gasteiger partial charge in [0.25, 0.3) is 5.89 Å². The highest BCUT2D eigenvalue weighted by atomic mass is 32.2. The van der Waals surface area contributed by atoms with Crippen molar-refractivity contribution in [2.24, 2.45) is 15.7 Å². The number of nitriles is 1. The van der Waals surface area contributed by atoms with Crippen molar-refractivity contribution in [3.8, 4) is 17.5 Å². The first-order chi connectivity index (χ1) is 15.7. The van der Waals surface area contributed by atoms with Crippen molar-refractivity contribution >= 4 is 28.0 Å². The zero-order valence-corrected chi connectivity index (χ0v) is 19.2. The fourth-order valence-electron chi connectivity index (χ4n) is 2.80. The first-order valence-electron chi connectivity index (χ1n) is 9.88. The van der Waals surface area contributed by atoms with Gasteiger partial charge in [-0.2, -0.15) is 5.26 Å². The third kappa shape index (κ3) is 5.05. The number of benzene rings is 2. The second-order valence-electron chi connectivity index (χ2n) is 7.31. The van der Waals surface area contributed by atoms with Gasteiger partial charge in [-0.15, -0.1) is 10.2 Å². The summed E-state index contributed by atoms with van der Waals surface area (Å²) >= 11 is 0. The summed E-state index contributed by atoms with van der Waals surface area (Å²) in [5, 5.41) is 16.5. The highest BCUT2D eigenvalue weighted by Gasteiger charge is 2.20. The summed E-state index contributed by atoms with van der Waals surface area (Å²) in [6.45, 7) is 8.44. The average Bonchev–Trinajstić information content (AvgIpc) is 3.31. The SMILES string of the molecule is C=N/C(N)=C(\N=C(/C)c1ccc(S(=O)(=O)C(C)C)cc1)c1nnc(-c2ccc(C#N)cc2)o1. The van der Waals surface area contributed by atoms with E-state index in [0.717, 1.165) is 0 Å². The van der Waals surface area contributed by atoms with Crippen LogP contribution in [0.4, 0.5) is 0 Å². The van der Waals surface area contributed by atoms with Crippen LogP contribution >= 0.6 is 0 Å². The zero-order chi connectivity index (χ0) is 24.2. The number of rotatable bonds is 7. The number of aromatic nitrogens is 2. The van der Waals surface area contributed by atoms with E-state index in [9.17, 15) is 8.42 Å². The van der Waals surface area contributed by atoms with Crippen molar-refractivity contribution in [2.75, 3.05) is 0 Å². The van der Waals surface area contributed by atoms with Gasteiger partial charge in [0.15, 0.2) is 21.4 Å². The number of nitrogens with two attached hydrogens (primary N) is 1. The molecule has 0 aliphatic carbocycles. The number of aliphatic imine (C=N–C) groups is 2. The molecule has 10 heteroatoms. The fraction of sp³-hybridized carbons (Fsp3) is 0.174. The van der Waals surface area contributed by atoms with E-state index >= 15 is 0 Å². The number of nitrogens with zero attached hydrogens (tertiary/aromatic N) is 5. The summed E-state index contributed by atoms with van der Waals surface area (Å²) in [5.74, 6) is 0.251. The minimum absolute atomic E-state index is 0.0108. The Balaban J connectivity index is 1.96. The van der Waals surface area contributed by atoms with Gasteiger partial charge in [-0.1, -0.05) is 12.1 Å². The standard InChI is InChI=1S/C23H22N6O3S/c1-14(2)33(30,31)19-11-9-17(10-12-19)15(3)27-20(21(25)26-4)23-29-28-22(32-23)18-7-5-16(13-24)6-8-18/h5-12,14H,4,25H2,1-3H3/b21-20-,27-15+. The lowest BCUT2D eigenvalue weighted by molar-refractivity contribution is 0.551. The lowest BCUT2D eigenvalue weighted by Crippen LogP contribution is -2.14. The van der Waals surface area contributed by atoms with E-state index in [4.69, 9.17) is 15.4 Å². The molecule has 1 heterocycles. The van der Waals surface area contributed by atoms with E-state index in [1.165, 1.54) is 12.1 Å². The van der Waals surface area contributed by atoms with Gasteiger partial charge in [0.2, 0.25) is 5.89 Å². The largest absolute Gasteiger partial charge is 0.414 e. The molecule has 0 amide bonds. The molecule has 0 aliphatic rings. The Kier molecular flexibility index (Phi) is 6.84. The predicted molar refractivity (Wildman–Crippen MR) is 126 cm³/mol. The minimum atomic E-state index is -3.37. The van der Waals surface area contributed by atoms with Crippen LogP contribution in [0, 0.1) is 11.3 Å². The van der Waals surface area contributed by atoms with Crippen molar-refractivity contribution < 1.29 is 12.8 Å². The molecule has 3 aromatic rings. The second-order valence-corrected chi connectivity index (χ2v) is 9.81. The normalized spacial score (nSPS) is 12.9. The Labute approximate surface area is 191 Å². The van der Waals surface area contributed by atoms with Crippen LogP contribution in [0.5, 0.6) is 0 Å². The Bertz CT molecular complexity index is 1380. The number of hydrogen-bond donors (Lipinski definition) is 1. The van der Waals surface area contributed by atoms with Crippen LogP contribution in [0.15, 0.2) is 73.6 Å². The molecule has 0 saturated heterocycles. The van der Waals surface area contributed by atoms with E-state index in [0.29, 0.717) is 22.4 Å². The summed E-state index contributed by atoms with van der Waals surface area (Å²) in [6, 6.07) is 15.1. The van der Waals surface area contributed by atoms with Crippen molar-refractivity contribution in [1.29, 1.82) is 5.26 Å². The van der Waals surface area contributed by atoms with Crippen molar-refractivity contribution in [1.82, 2.24) is 10.2 Å². The van der Waals surface area contributed by atoms with Crippen LogP contribution in [-0.4, -0.2) is 36.3 Å². The molecular weight excluding hydrogens is 440 g/mol. The van der Waals surface area contributed by atoms with Crippen molar-refractivity contribution in [2.45, 2.75) is 30.9 Å². The maximum absolute atomic E-state index is 12.3. The lowest BCUT2D eigenvalue weighted by Gasteiger charge is -2.09. The zero-order valence-electron chi connectivity index (χ0n) is 18.3. The summed E-state index contributed by atoms with van der Waals surface area (Å²) < 4.78 is 30.4. The van der Waals surface area contributed by atoms with Crippen LogP contribution < -0.4 is 5.73 Å². The molecular formula is C23H22N6O3S. The molecule has 168 valence electrons. The van der Waals surface area contributed by atoms with Crippen LogP contribution in [0.1, 0.15) is 37.8 Å². The molecule has 1 aromatic heterocycles. The Morgan fingerprint density at radius 3 is 2.30 bits per heavy atom. The monoisotopic (exact) mass is 462 g/mol. The summed E-state index contributed by atoms with van der Waals surface area (Å²) in [7, 11) is -3.37. The molecule has 0 bridgehead atoms. The Morgan fingerprint density at radius 1 is 1.12 bits per heavy atom. The molecule has 0 fully saturated rings. The molecule has 0 spiro atoms. The molecule has 9 nitrogen and oxygen atoms in total. The molecule has 0 atom stereocenters. The highest BCUT2D eigenvalue weighted by Crippen LogP contribution is 2.25. The molecule has 0 saturated carbocycles. The summed E-state index contributed by atoms with van der Waals surface area (Å²) in [6.07, 6.45) is 0. The predicted octanol–water partition coefficient (Wildman–Crippen LogP) is 3.58. The van der Waals surface area contributed by atoms with Gasteiger partial charge in [0.05, 0.1) is 21.8 Å². The Hall–Kier alpha value is -4.10. The third-order valence-corrected chi connectivity index (χ3v) is 6.97. The quantitative estimate of drug-likeness (QED) is 0.528. The van der Waals surface area contributed by atoms with Gasteiger partial charge in [-0.05, 0) is 69.5 Å². The van der Waals surface area contributed by atoms with Crippen LogP contribution in [0.3, 0.4) is 0 Å². The lowest BCUT2D eigenvalue weighted by atomic mass is 10.1. The van der Waals surface area contributed by atoms with Crippen molar-refractivity contribution in [3.63, 3.8) is 0 Å². The molecule has 0 unspecified atom stereocenters. The molecule has 3 rings (SSSR count). The van der Waals surface area contributed by atoms with Crippen LogP contribution in [-0.2, 0) is 9.84 Å². The van der Waals surface area contributed by atoms with Gasteiger partial charge >= 0.3 is 0 Å². The van der Waals surface area contributed by atoms with E-state index in [2.05, 4.69) is 26.9 Å². The first kappa shape index (κ1) is 23.6. The number of sulfone groups is 1. The van der Waals surface area contributed by atoms with E-state index in [1.807, 2.05) is 6.07 Å². The highest BCUT2D eigenvalue weighted by molar-refractivity contribution is 7.92. The average molecular weight is 463 g/mol. The minimum Gasteiger partial charge on any atom is -0.414 e. The molecule has 0 radical (unpaired) electrons. The van der Waals surface area contributed by atoms with Gasteiger partial charge in [-0.3, -0.25) is 0 Å². The van der Waals surface area contributed by atoms with Gasteiger partial charge in [-0.25, -0.2) is 18.4 Å². The van der Waals surface area contributed by atoms with Gasteiger partial charge in [0.1, 0.15) is 0 Å². The Morgan fingerprint density at radius 2 is 1.76 bits per heavy atom. The third-order valence-electron chi connectivity index (χ3n) is 4.80. The first-order valence-corrected chi connectivity index (χ1v) is 11.4. The fourth-order valence-corrected chi connectivity index (χ4v) is 3.86. The van der Waals surface area contributed by atoms with E-state index in [-0.39, 0.29) is 28.2 Å². The molecule has 2 aromatic carbocycles. The van der Waals surface area contributed by atoms with Gasteiger partial charge in [0, 0.05) is 11.3 Å². The summed E-state index contributed by atoms with van der Waals surface area (Å²) in [5.41, 5.74) is 8.45. The van der Waals surface area contributed by atoms with Crippen LogP contribution in [0.2, 0.25) is 0 Å². The van der Waals surface area contributed by atoms with E-state index in [1.54, 1.807) is 57.2 Å². The smallest absolute Gasteiger partial charge is 0.270 e. The molecule has 33 heavy (non-hydrogen) atoms. The van der Waals surface area contributed by atoms with Gasteiger partial charge < -0.3 is 10.2 Å². The summed E-state index contributed by atoms with van der Waals surface area (Å²) in [4.78, 5) is 8.47. The van der Waals surface area contributed by atoms with Crippen molar-refractivity contribution in [3.05, 3.63) is 71.4 Å².